The van der Waals surface area contributed by atoms with Gasteiger partial charge in [0.2, 0.25) is 0 Å². The summed E-state index contributed by atoms with van der Waals surface area (Å²) in [4.78, 5) is 2.34. The molecule has 0 saturated heterocycles. The average molecular weight is 288 g/mol. The van der Waals surface area contributed by atoms with Crippen LogP contribution in [0.4, 0.5) is 5.69 Å². The lowest BCUT2D eigenvalue weighted by atomic mass is 10.0. The van der Waals surface area contributed by atoms with Crippen LogP contribution in [0.25, 0.3) is 0 Å². The highest BCUT2D eigenvalue weighted by molar-refractivity contribution is 6.30. The van der Waals surface area contributed by atoms with Crippen molar-refractivity contribution in [3.05, 3.63) is 64.7 Å². The fourth-order valence-corrected chi connectivity index (χ4v) is 2.91. The number of aliphatic hydroxyl groups excluding tert-OH is 1. The topological polar surface area (TPSA) is 23.5 Å². The summed E-state index contributed by atoms with van der Waals surface area (Å²) in [5, 5.41) is 11.0. The van der Waals surface area contributed by atoms with Crippen LogP contribution >= 0.6 is 11.6 Å². The summed E-state index contributed by atoms with van der Waals surface area (Å²) in [6.45, 7) is 1.82. The Balaban J connectivity index is 1.89. The molecule has 1 heterocycles. The van der Waals surface area contributed by atoms with E-state index in [0.29, 0.717) is 0 Å². The van der Waals surface area contributed by atoms with Crippen molar-refractivity contribution in [1.82, 2.24) is 0 Å². The highest BCUT2D eigenvalue weighted by Crippen LogP contribution is 2.33. The molecular weight excluding hydrogens is 270 g/mol. The number of fused-ring (bicyclic) bond motifs is 1. The van der Waals surface area contributed by atoms with Gasteiger partial charge < -0.3 is 10.0 Å². The molecule has 2 aromatic rings. The largest absolute Gasteiger partial charge is 0.388 e. The van der Waals surface area contributed by atoms with Gasteiger partial charge in [0.05, 0.1) is 6.10 Å². The van der Waals surface area contributed by atoms with Crippen molar-refractivity contribution in [2.24, 2.45) is 0 Å². The molecule has 0 amide bonds. The molecule has 1 N–H and O–H groups in total. The summed E-state index contributed by atoms with van der Waals surface area (Å²) in [6, 6.07) is 16.1. The third kappa shape index (κ3) is 2.82. The summed E-state index contributed by atoms with van der Waals surface area (Å²) in [5.41, 5.74) is 3.42. The smallest absolute Gasteiger partial charge is 0.0810 e. The Morgan fingerprint density at radius 3 is 2.65 bits per heavy atom. The fourth-order valence-electron chi connectivity index (χ4n) is 2.78. The van der Waals surface area contributed by atoms with E-state index < -0.39 is 0 Å². The minimum atomic E-state index is -0.346. The standard InChI is InChI=1S/C17H18ClNO/c18-14-9-7-13(8-10-14)12-19-11-3-6-17(20)15-4-1-2-5-16(15)19/h1-2,4-5,7-10,17,20H,3,6,11-12H2. The van der Waals surface area contributed by atoms with Gasteiger partial charge >= 0.3 is 0 Å². The molecule has 1 atom stereocenters. The second kappa shape index (κ2) is 5.86. The van der Waals surface area contributed by atoms with E-state index >= 15 is 0 Å². The zero-order chi connectivity index (χ0) is 13.9. The number of hydrogen-bond donors (Lipinski definition) is 1. The van der Waals surface area contributed by atoms with Crippen LogP contribution in [0.2, 0.25) is 5.02 Å². The second-order valence-corrected chi connectivity index (χ2v) is 5.70. The summed E-state index contributed by atoms with van der Waals surface area (Å²) in [7, 11) is 0. The first kappa shape index (κ1) is 13.5. The predicted octanol–water partition coefficient (Wildman–Crippen LogP) is 4.17. The first-order valence-electron chi connectivity index (χ1n) is 7.00. The molecule has 104 valence electrons. The Morgan fingerprint density at radius 2 is 1.85 bits per heavy atom. The number of benzene rings is 2. The monoisotopic (exact) mass is 287 g/mol. The molecule has 0 saturated carbocycles. The van der Waals surface area contributed by atoms with E-state index in [1.54, 1.807) is 0 Å². The summed E-state index contributed by atoms with van der Waals surface area (Å²) in [6.07, 6.45) is 1.49. The third-order valence-electron chi connectivity index (χ3n) is 3.83. The van der Waals surface area contributed by atoms with Crippen molar-refractivity contribution < 1.29 is 5.11 Å². The Morgan fingerprint density at radius 1 is 1.10 bits per heavy atom. The van der Waals surface area contributed by atoms with Gasteiger partial charge in [0.1, 0.15) is 0 Å². The molecule has 1 aliphatic heterocycles. The normalized spacial score (nSPS) is 18.5. The molecule has 1 aliphatic rings. The molecule has 3 rings (SSSR count). The van der Waals surface area contributed by atoms with Crippen molar-refractivity contribution in [3.8, 4) is 0 Å². The van der Waals surface area contributed by atoms with E-state index in [4.69, 9.17) is 11.6 Å². The molecule has 20 heavy (non-hydrogen) atoms. The van der Waals surface area contributed by atoms with Crippen LogP contribution in [0.15, 0.2) is 48.5 Å². The molecule has 0 bridgehead atoms. The zero-order valence-electron chi connectivity index (χ0n) is 11.3. The Labute approximate surface area is 124 Å². The maximum absolute atomic E-state index is 10.2. The number of halogens is 1. The first-order chi connectivity index (χ1) is 9.74. The van der Waals surface area contributed by atoms with Gasteiger partial charge in [0.15, 0.2) is 0 Å². The average Bonchev–Trinajstić information content (AvgIpc) is 2.62. The lowest BCUT2D eigenvalue weighted by Gasteiger charge is -2.25. The van der Waals surface area contributed by atoms with Crippen LogP contribution in [0.3, 0.4) is 0 Å². The molecule has 1 unspecified atom stereocenters. The van der Waals surface area contributed by atoms with E-state index in [1.165, 1.54) is 5.56 Å². The highest BCUT2D eigenvalue weighted by Gasteiger charge is 2.20. The van der Waals surface area contributed by atoms with E-state index in [1.807, 2.05) is 30.3 Å². The SMILES string of the molecule is OC1CCCN(Cc2ccc(Cl)cc2)c2ccccc21. The van der Waals surface area contributed by atoms with Crippen LogP contribution < -0.4 is 4.90 Å². The van der Waals surface area contributed by atoms with Gasteiger partial charge in [-0.3, -0.25) is 0 Å². The lowest BCUT2D eigenvalue weighted by molar-refractivity contribution is 0.168. The Hall–Kier alpha value is -1.51. The van der Waals surface area contributed by atoms with Crippen LogP contribution in [-0.2, 0) is 6.54 Å². The van der Waals surface area contributed by atoms with E-state index in [0.717, 1.165) is 42.2 Å². The Kier molecular flexibility index (Phi) is 3.95. The molecule has 2 nitrogen and oxygen atoms in total. The van der Waals surface area contributed by atoms with Gasteiger partial charge in [-0.05, 0) is 36.6 Å². The summed E-state index contributed by atoms with van der Waals surface area (Å²) in [5.74, 6) is 0. The van der Waals surface area contributed by atoms with Gasteiger partial charge in [0, 0.05) is 29.4 Å². The Bertz CT molecular complexity index is 582. The van der Waals surface area contributed by atoms with Gasteiger partial charge in [0.25, 0.3) is 0 Å². The number of hydrogen-bond acceptors (Lipinski definition) is 2. The summed E-state index contributed by atoms with van der Waals surface area (Å²) >= 11 is 5.93. The maximum atomic E-state index is 10.2. The number of nitrogens with zero attached hydrogens (tertiary/aromatic N) is 1. The zero-order valence-corrected chi connectivity index (χ0v) is 12.1. The molecule has 0 radical (unpaired) electrons. The van der Waals surface area contributed by atoms with Crippen LogP contribution in [0, 0.1) is 0 Å². The number of para-hydroxylation sites is 1. The van der Waals surface area contributed by atoms with E-state index in [2.05, 4.69) is 23.1 Å². The minimum Gasteiger partial charge on any atom is -0.388 e. The van der Waals surface area contributed by atoms with Crippen molar-refractivity contribution in [3.63, 3.8) is 0 Å². The molecule has 0 fully saturated rings. The van der Waals surface area contributed by atoms with Gasteiger partial charge in [-0.1, -0.05) is 41.9 Å². The molecule has 0 spiro atoms. The molecule has 0 aliphatic carbocycles. The maximum Gasteiger partial charge on any atom is 0.0810 e. The number of anilines is 1. The molecular formula is C17H18ClNO. The lowest BCUT2D eigenvalue weighted by Crippen LogP contribution is -2.23. The van der Waals surface area contributed by atoms with Crippen molar-refractivity contribution in [2.45, 2.75) is 25.5 Å². The van der Waals surface area contributed by atoms with Gasteiger partial charge in [-0.15, -0.1) is 0 Å². The van der Waals surface area contributed by atoms with E-state index in [-0.39, 0.29) is 6.10 Å². The molecule has 3 heteroatoms. The predicted molar refractivity (Wildman–Crippen MR) is 83.1 cm³/mol. The van der Waals surface area contributed by atoms with Gasteiger partial charge in [-0.2, -0.15) is 0 Å². The molecule has 2 aromatic carbocycles. The third-order valence-corrected chi connectivity index (χ3v) is 4.08. The van der Waals surface area contributed by atoms with Crippen molar-refractivity contribution >= 4 is 17.3 Å². The highest BCUT2D eigenvalue weighted by atomic mass is 35.5. The minimum absolute atomic E-state index is 0.346. The quantitative estimate of drug-likeness (QED) is 0.896. The van der Waals surface area contributed by atoms with Gasteiger partial charge in [-0.25, -0.2) is 0 Å². The first-order valence-corrected chi connectivity index (χ1v) is 7.38. The number of aliphatic hydroxyl groups is 1. The fraction of sp³-hybridized carbons (Fsp3) is 0.294. The van der Waals surface area contributed by atoms with Crippen molar-refractivity contribution in [2.75, 3.05) is 11.4 Å². The van der Waals surface area contributed by atoms with Crippen molar-refractivity contribution in [1.29, 1.82) is 0 Å². The van der Waals surface area contributed by atoms with Crippen LogP contribution in [0.5, 0.6) is 0 Å². The van der Waals surface area contributed by atoms with Crippen LogP contribution in [0.1, 0.15) is 30.1 Å². The van der Waals surface area contributed by atoms with E-state index in [9.17, 15) is 5.11 Å². The summed E-state index contributed by atoms with van der Waals surface area (Å²) < 4.78 is 0. The second-order valence-electron chi connectivity index (χ2n) is 5.26. The van der Waals surface area contributed by atoms with Crippen LogP contribution in [-0.4, -0.2) is 11.7 Å². The number of rotatable bonds is 2. The molecule has 0 aromatic heterocycles.